The van der Waals surface area contributed by atoms with E-state index in [2.05, 4.69) is 5.32 Å². The molecule has 0 radical (unpaired) electrons. The Hall–Kier alpha value is -1.96. The average molecular weight is 309 g/mol. The van der Waals surface area contributed by atoms with Crippen molar-refractivity contribution in [3.05, 3.63) is 35.9 Å². The predicted octanol–water partition coefficient (Wildman–Crippen LogP) is -0.0776. The maximum absolute atomic E-state index is 11.8. The number of aliphatic hydroxyl groups is 1. The minimum absolute atomic E-state index is 0.00674. The molecule has 1 aliphatic rings. The second-order valence-corrected chi connectivity index (χ2v) is 5.14. The molecule has 0 spiro atoms. The Balaban J connectivity index is 1.81. The van der Waals surface area contributed by atoms with E-state index < -0.39 is 24.1 Å². The number of β-amino-alcohol motifs (C(OH)–C–C–N with tert-alkyl or cyclic N) is 1. The van der Waals surface area contributed by atoms with Gasteiger partial charge in [-0.05, 0) is 12.0 Å². The van der Waals surface area contributed by atoms with Crippen LogP contribution in [0.1, 0.15) is 12.0 Å². The van der Waals surface area contributed by atoms with E-state index in [1.165, 1.54) is 0 Å². The van der Waals surface area contributed by atoms with Crippen LogP contribution in [0.2, 0.25) is 0 Å². The Morgan fingerprint density at radius 1 is 1.32 bits per heavy atom. The lowest BCUT2D eigenvalue weighted by atomic mass is 10.2. The van der Waals surface area contributed by atoms with Gasteiger partial charge in [-0.2, -0.15) is 0 Å². The van der Waals surface area contributed by atoms with Crippen molar-refractivity contribution in [3.8, 4) is 0 Å². The normalized spacial score (nSPS) is 22.2. The summed E-state index contributed by atoms with van der Waals surface area (Å²) in [7, 11) is 0. The fourth-order valence-corrected chi connectivity index (χ4v) is 2.18. The van der Waals surface area contributed by atoms with Gasteiger partial charge in [0.05, 0.1) is 12.7 Å². The van der Waals surface area contributed by atoms with Crippen LogP contribution in [0, 0.1) is 0 Å². The molecule has 3 atom stereocenters. The maximum atomic E-state index is 11.8. The van der Waals surface area contributed by atoms with Gasteiger partial charge in [0.2, 0.25) is 0 Å². The summed E-state index contributed by atoms with van der Waals surface area (Å²) < 4.78 is 10.1. The van der Waals surface area contributed by atoms with Crippen LogP contribution >= 0.6 is 0 Å². The highest BCUT2D eigenvalue weighted by molar-refractivity contribution is 5.97. The summed E-state index contributed by atoms with van der Waals surface area (Å²) in [6.45, 7) is 0.450. The molecule has 0 bridgehead atoms. The highest BCUT2D eigenvalue weighted by Crippen LogP contribution is 2.09. The van der Waals surface area contributed by atoms with Crippen molar-refractivity contribution in [2.45, 2.75) is 31.3 Å². The molecule has 1 aromatic carbocycles. The maximum Gasteiger partial charge on any atom is 0.347 e. The zero-order chi connectivity index (χ0) is 15.9. The van der Waals surface area contributed by atoms with Gasteiger partial charge >= 0.3 is 11.9 Å². The molecule has 1 aromatic rings. The van der Waals surface area contributed by atoms with Crippen LogP contribution in [-0.4, -0.2) is 53.6 Å². The number of rotatable bonds is 7. The predicted molar refractivity (Wildman–Crippen MR) is 76.0 cm³/mol. The highest BCUT2D eigenvalue weighted by Gasteiger charge is 2.31. The summed E-state index contributed by atoms with van der Waals surface area (Å²) >= 11 is 0. The van der Waals surface area contributed by atoms with Gasteiger partial charge in [0.1, 0.15) is 6.61 Å². The van der Waals surface area contributed by atoms with Gasteiger partial charge in [-0.15, -0.1) is 0 Å². The first-order chi connectivity index (χ1) is 10.6. The van der Waals surface area contributed by atoms with Gasteiger partial charge in [-0.1, -0.05) is 30.3 Å². The lowest BCUT2D eigenvalue weighted by molar-refractivity contribution is -0.171. The monoisotopic (exact) mass is 309 g/mol. The van der Waals surface area contributed by atoms with Crippen molar-refractivity contribution in [2.75, 3.05) is 13.2 Å². The lowest BCUT2D eigenvalue weighted by Crippen LogP contribution is -2.38. The Morgan fingerprint density at radius 3 is 2.64 bits per heavy atom. The summed E-state index contributed by atoms with van der Waals surface area (Å²) in [4.78, 5) is 23.0. The van der Waals surface area contributed by atoms with Gasteiger partial charge in [0.25, 0.3) is 6.10 Å². The first-order valence-electron chi connectivity index (χ1n) is 7.02. The number of nitrogens with one attached hydrogen (secondary N) is 1. The van der Waals surface area contributed by atoms with Crippen LogP contribution in [-0.2, 0) is 25.7 Å². The van der Waals surface area contributed by atoms with Crippen LogP contribution in [0.5, 0.6) is 0 Å². The molecule has 2 rings (SSSR count). The number of esters is 1. The quantitative estimate of drug-likeness (QED) is 0.478. The van der Waals surface area contributed by atoms with Crippen molar-refractivity contribution in [2.24, 2.45) is 0 Å². The summed E-state index contributed by atoms with van der Waals surface area (Å²) in [6.07, 6.45) is -1.67. The number of carbonyl (C=O) groups is 2. The molecule has 0 saturated carbocycles. The molecule has 7 heteroatoms. The van der Waals surface area contributed by atoms with Gasteiger partial charge in [0, 0.05) is 12.6 Å². The number of carbonyl (C=O) groups excluding carboxylic acids is 1. The first-order valence-corrected chi connectivity index (χ1v) is 7.02. The number of benzene rings is 1. The fourth-order valence-electron chi connectivity index (χ4n) is 2.18. The van der Waals surface area contributed by atoms with Crippen LogP contribution in [0.25, 0.3) is 0 Å². The largest absolute Gasteiger partial charge is 0.479 e. The second-order valence-electron chi connectivity index (χ2n) is 5.14. The minimum atomic E-state index is -1.66. The van der Waals surface area contributed by atoms with Gasteiger partial charge < -0.3 is 25.0 Å². The molecule has 1 saturated heterocycles. The average Bonchev–Trinajstić information content (AvgIpc) is 2.91. The number of aliphatic carboxylic acids is 1. The summed E-state index contributed by atoms with van der Waals surface area (Å²) in [5.74, 6) is -2.33. The van der Waals surface area contributed by atoms with Crippen LogP contribution in [0.4, 0.5) is 0 Å². The summed E-state index contributed by atoms with van der Waals surface area (Å²) in [6, 6.07) is 8.80. The molecular weight excluding hydrogens is 290 g/mol. The highest BCUT2D eigenvalue weighted by atomic mass is 16.6. The number of carboxylic acid groups (broad SMARTS) is 1. The lowest BCUT2D eigenvalue weighted by Gasteiger charge is -2.16. The smallest absolute Gasteiger partial charge is 0.347 e. The first kappa shape index (κ1) is 16.4. The van der Waals surface area contributed by atoms with Crippen molar-refractivity contribution in [3.63, 3.8) is 0 Å². The molecule has 0 amide bonds. The number of aliphatic hydroxyl groups excluding tert-OH is 1. The Kier molecular flexibility index (Phi) is 5.88. The van der Waals surface area contributed by atoms with E-state index in [4.69, 9.17) is 14.6 Å². The standard InChI is InChI=1S/C15H19NO6/c17-12-6-11(16-7-12)9-21-13(14(18)19)15(20)22-8-10-4-2-1-3-5-10/h1-5,11-13,16-17H,6-9H2,(H,18,19)/t11-,12+,13?/m0/s1. The number of ether oxygens (including phenoxy) is 2. The molecule has 0 aliphatic carbocycles. The van der Waals surface area contributed by atoms with Crippen molar-refractivity contribution >= 4 is 11.9 Å². The van der Waals surface area contributed by atoms with Crippen LogP contribution in [0.3, 0.4) is 0 Å². The van der Waals surface area contributed by atoms with E-state index in [1.807, 2.05) is 6.07 Å². The molecule has 22 heavy (non-hydrogen) atoms. The molecular formula is C15H19NO6. The third-order valence-corrected chi connectivity index (χ3v) is 3.33. The summed E-state index contributed by atoms with van der Waals surface area (Å²) in [5.41, 5.74) is 0.764. The molecule has 1 unspecified atom stereocenters. The van der Waals surface area contributed by atoms with Crippen molar-refractivity contribution in [1.29, 1.82) is 0 Å². The van der Waals surface area contributed by atoms with Gasteiger partial charge in [0.15, 0.2) is 0 Å². The van der Waals surface area contributed by atoms with E-state index in [0.29, 0.717) is 13.0 Å². The molecule has 1 heterocycles. The van der Waals surface area contributed by atoms with Gasteiger partial charge in [-0.3, -0.25) is 0 Å². The van der Waals surface area contributed by atoms with E-state index in [-0.39, 0.29) is 19.3 Å². The fraction of sp³-hybridized carbons (Fsp3) is 0.467. The summed E-state index contributed by atoms with van der Waals surface area (Å²) in [5, 5.41) is 21.4. The van der Waals surface area contributed by atoms with Crippen LogP contribution < -0.4 is 5.32 Å². The second kappa shape index (κ2) is 7.88. The Bertz CT molecular complexity index is 506. The van der Waals surface area contributed by atoms with E-state index in [0.717, 1.165) is 5.56 Å². The zero-order valence-electron chi connectivity index (χ0n) is 12.0. The van der Waals surface area contributed by atoms with E-state index >= 15 is 0 Å². The van der Waals surface area contributed by atoms with Crippen molar-refractivity contribution in [1.82, 2.24) is 5.32 Å². The third-order valence-electron chi connectivity index (χ3n) is 3.33. The molecule has 1 aliphatic heterocycles. The number of carboxylic acids is 1. The number of hydrogen-bond acceptors (Lipinski definition) is 6. The van der Waals surface area contributed by atoms with E-state index in [9.17, 15) is 14.7 Å². The Labute approximate surface area is 127 Å². The molecule has 1 fully saturated rings. The zero-order valence-corrected chi connectivity index (χ0v) is 12.0. The molecule has 120 valence electrons. The molecule has 7 nitrogen and oxygen atoms in total. The topological polar surface area (TPSA) is 105 Å². The SMILES string of the molecule is O=C(O)C(OC[C@@H]1C[C@@H](O)CN1)C(=O)OCc1ccccc1. The van der Waals surface area contributed by atoms with E-state index in [1.54, 1.807) is 24.3 Å². The van der Waals surface area contributed by atoms with Crippen molar-refractivity contribution < 1.29 is 29.3 Å². The van der Waals surface area contributed by atoms with Crippen LogP contribution in [0.15, 0.2) is 30.3 Å². The minimum Gasteiger partial charge on any atom is -0.479 e. The molecule has 3 N–H and O–H groups in total. The third kappa shape index (κ3) is 4.80. The Morgan fingerprint density at radius 2 is 2.05 bits per heavy atom. The number of hydrogen-bond donors (Lipinski definition) is 3. The van der Waals surface area contributed by atoms with Gasteiger partial charge in [-0.25, -0.2) is 9.59 Å². The molecule has 0 aromatic heterocycles.